The van der Waals surface area contributed by atoms with Crippen LogP contribution in [0.25, 0.3) is 0 Å². The molecule has 8 bridgehead atoms. The van der Waals surface area contributed by atoms with E-state index in [-0.39, 0.29) is 18.5 Å². The molecule has 0 aromatic heterocycles. The number of fused-ring (bicyclic) bond motifs is 3. The maximum Gasteiger partial charge on any atom is 0.472 e. The first kappa shape index (κ1) is 25.2. The van der Waals surface area contributed by atoms with Gasteiger partial charge in [-0.05, 0) is 19.4 Å². The summed E-state index contributed by atoms with van der Waals surface area (Å²) < 4.78 is 34.5. The lowest BCUT2D eigenvalue weighted by Crippen LogP contribution is -2.79. The number of phosphoric acid groups is 1. The normalized spacial score (nSPS) is 47.5. The fourth-order valence-corrected chi connectivity index (χ4v) is 6.88. The third-order valence-electron chi connectivity index (χ3n) is 7.76. The minimum Gasteiger partial charge on any atom is -0.860 e. The number of rotatable bonds is 1. The molecule has 0 aromatic rings. The van der Waals surface area contributed by atoms with Crippen molar-refractivity contribution >= 4 is 25.8 Å². The van der Waals surface area contributed by atoms with Crippen LogP contribution >= 0.6 is 7.82 Å². The van der Waals surface area contributed by atoms with Gasteiger partial charge in [0.15, 0.2) is 0 Å². The van der Waals surface area contributed by atoms with Gasteiger partial charge in [-0.25, -0.2) is 19.1 Å². The van der Waals surface area contributed by atoms with Crippen molar-refractivity contribution in [2.45, 2.75) is 81.4 Å². The topological polar surface area (TPSA) is 214 Å². The second kappa shape index (κ2) is 8.18. The van der Waals surface area contributed by atoms with Gasteiger partial charge < -0.3 is 34.8 Å². The largest absolute Gasteiger partial charge is 0.860 e. The van der Waals surface area contributed by atoms with E-state index < -0.39 is 93.7 Å². The molecule has 17 heteroatoms. The van der Waals surface area contributed by atoms with Crippen LogP contribution in [0.4, 0.5) is 9.59 Å². The molecule has 4 saturated heterocycles. The molecule has 7 rings (SSSR count). The lowest BCUT2D eigenvalue weighted by atomic mass is 9.81. The molecule has 0 radical (unpaired) electrons. The van der Waals surface area contributed by atoms with Gasteiger partial charge in [0.25, 0.3) is 0 Å². The second-order valence-electron chi connectivity index (χ2n) is 10.0. The number of carbonyl (C=O) groups is 2. The predicted octanol–water partition coefficient (Wildman–Crippen LogP) is -2.25. The van der Waals surface area contributed by atoms with Crippen LogP contribution in [0.1, 0.15) is 26.7 Å². The average Bonchev–Trinajstić information content (AvgIpc) is 3.37. The molecular weight excluding hydrogens is 519 g/mol. The van der Waals surface area contributed by atoms with Crippen molar-refractivity contribution in [1.29, 1.82) is 0 Å². The highest BCUT2D eigenvalue weighted by molar-refractivity contribution is 7.47. The molecule has 4 amide bonds. The predicted molar refractivity (Wildman–Crippen MR) is 115 cm³/mol. The number of hydrogen-bond donors (Lipinski definition) is 4. The van der Waals surface area contributed by atoms with Crippen LogP contribution in [0.3, 0.4) is 0 Å². The lowest BCUT2D eigenvalue weighted by Gasteiger charge is -2.63. The van der Waals surface area contributed by atoms with Crippen molar-refractivity contribution in [2.24, 2.45) is 4.99 Å². The summed E-state index contributed by atoms with van der Waals surface area (Å²) in [7, 11) is -4.77. The second-order valence-corrected chi connectivity index (χ2v) is 11.5. The van der Waals surface area contributed by atoms with E-state index >= 15 is 0 Å². The Morgan fingerprint density at radius 1 is 1.19 bits per heavy atom. The van der Waals surface area contributed by atoms with Crippen LogP contribution in [0.15, 0.2) is 16.3 Å². The van der Waals surface area contributed by atoms with Crippen LogP contribution < -0.4 is 5.11 Å². The number of ether oxygens (including phenoxy) is 2. The molecule has 0 spiro atoms. The van der Waals surface area contributed by atoms with Crippen LogP contribution in [0, 0.1) is 0 Å². The first-order chi connectivity index (χ1) is 17.4. The molecule has 204 valence electrons. The quantitative estimate of drug-likeness (QED) is 0.257. The Hall–Kier alpha value is -2.14. The minimum atomic E-state index is -4.77. The van der Waals surface area contributed by atoms with E-state index in [1.54, 1.807) is 6.92 Å². The summed E-state index contributed by atoms with van der Waals surface area (Å²) in [5, 5.41) is 44.1. The summed E-state index contributed by atoms with van der Waals surface area (Å²) in [6.07, 6.45) is -7.51. The zero-order chi connectivity index (χ0) is 26.6. The molecule has 0 aliphatic carbocycles. The minimum absolute atomic E-state index is 0.0115. The van der Waals surface area contributed by atoms with Crippen molar-refractivity contribution in [3.63, 3.8) is 0 Å². The van der Waals surface area contributed by atoms with Gasteiger partial charge in [0, 0.05) is 18.7 Å². The zero-order valence-electron chi connectivity index (χ0n) is 19.7. The highest BCUT2D eigenvalue weighted by Gasteiger charge is 2.65. The van der Waals surface area contributed by atoms with Gasteiger partial charge in [0.05, 0.1) is 25.0 Å². The molecule has 4 N–H and O–H groups in total. The molecule has 2 unspecified atom stereocenters. The van der Waals surface area contributed by atoms with Gasteiger partial charge in [0.2, 0.25) is 0 Å². The number of carbonyl (C=O) groups excluding carboxylic acids is 2. The van der Waals surface area contributed by atoms with Gasteiger partial charge >= 0.3 is 19.9 Å². The molecule has 7 heterocycles. The van der Waals surface area contributed by atoms with E-state index in [0.717, 1.165) is 4.90 Å². The smallest absolute Gasteiger partial charge is 0.472 e. The third kappa shape index (κ3) is 3.52. The van der Waals surface area contributed by atoms with E-state index in [1.807, 2.05) is 0 Å². The Balaban J connectivity index is 1.45. The number of nitrogens with zero attached hydrogens (tertiary/aromatic N) is 4. The summed E-state index contributed by atoms with van der Waals surface area (Å²) in [6, 6.07) is -2.99. The van der Waals surface area contributed by atoms with Crippen LogP contribution in [-0.2, 0) is 23.1 Å². The first-order valence-electron chi connectivity index (χ1n) is 11.7. The molecule has 16 nitrogen and oxygen atoms in total. The van der Waals surface area contributed by atoms with Gasteiger partial charge in [-0.2, -0.15) is 0 Å². The van der Waals surface area contributed by atoms with Crippen molar-refractivity contribution in [1.82, 2.24) is 14.7 Å². The SMILES string of the molecule is CC1=C2[C@@H]3N(C(=O)N=C([O-])[C@]3(C)O)[C@H]3C[C@H](OP(=O)(O)OC[C@H]4O[C@H](C[C@@H]4O)N4C(=O)N2C14)[C@@H](CO)O3. The van der Waals surface area contributed by atoms with Crippen molar-refractivity contribution in [2.75, 3.05) is 13.2 Å². The maximum absolute atomic E-state index is 13.2. The molecule has 0 saturated carbocycles. The average molecular weight is 545 g/mol. The first-order valence-corrected chi connectivity index (χ1v) is 13.2. The maximum atomic E-state index is 13.2. The van der Waals surface area contributed by atoms with Gasteiger partial charge in [-0.15, -0.1) is 0 Å². The fourth-order valence-electron chi connectivity index (χ4n) is 5.92. The van der Waals surface area contributed by atoms with Gasteiger partial charge in [-0.3, -0.25) is 23.7 Å². The summed E-state index contributed by atoms with van der Waals surface area (Å²) in [5.74, 6) is -1.11. The molecule has 0 aromatic carbocycles. The monoisotopic (exact) mass is 545 g/mol. The Morgan fingerprint density at radius 2 is 1.89 bits per heavy atom. The zero-order valence-corrected chi connectivity index (χ0v) is 20.6. The van der Waals surface area contributed by atoms with Crippen LogP contribution in [0.5, 0.6) is 0 Å². The molecular formula is C20H26N4O12P-. The van der Waals surface area contributed by atoms with Crippen molar-refractivity contribution in [3.05, 3.63) is 11.3 Å². The Morgan fingerprint density at radius 3 is 2.59 bits per heavy atom. The number of aliphatic hydroxyl groups excluding tert-OH is 2. The standard InChI is InChI=1S/C20H27N4O12P/c1-7-14-15-20(2,30)17(27)21-18(28)22(15)13-4-9(10(5-25)34-13)36-37(31,32)33-6-11-8(26)3-12(35-11)23-16(7)24(14)19(23)29/h8-13,15-16,25-26,30H,3-6H2,1-2H3,(H,31,32)(H,21,27,28)/p-1/t8-,9-,10+,11+,12+,13+,15-,16?,20+/m0/s1. The summed E-state index contributed by atoms with van der Waals surface area (Å²) in [4.78, 5) is 43.6. The van der Waals surface area contributed by atoms with E-state index in [4.69, 9.17) is 18.5 Å². The molecule has 4 fully saturated rings. The van der Waals surface area contributed by atoms with Crippen LogP contribution in [0.2, 0.25) is 0 Å². The van der Waals surface area contributed by atoms with E-state index in [1.165, 1.54) is 16.7 Å². The number of aliphatic hydroxyl groups is 3. The molecule has 37 heavy (non-hydrogen) atoms. The Labute approximate surface area is 209 Å². The molecule has 7 aliphatic rings. The van der Waals surface area contributed by atoms with E-state index in [0.29, 0.717) is 5.57 Å². The van der Waals surface area contributed by atoms with E-state index in [9.17, 15) is 39.5 Å². The number of urea groups is 2. The van der Waals surface area contributed by atoms with Gasteiger partial charge in [-0.1, -0.05) is 0 Å². The Kier molecular flexibility index (Phi) is 5.56. The summed E-state index contributed by atoms with van der Waals surface area (Å²) >= 11 is 0. The van der Waals surface area contributed by atoms with Crippen molar-refractivity contribution < 1.29 is 58.0 Å². The molecule has 7 aliphatic heterocycles. The lowest BCUT2D eigenvalue weighted by molar-refractivity contribution is -0.245. The number of hydrogen-bond acceptors (Lipinski definition) is 11. The van der Waals surface area contributed by atoms with Gasteiger partial charge in [0.1, 0.15) is 48.6 Å². The molecule has 10 atom stereocenters. The Bertz CT molecular complexity index is 1160. The number of phosphoric ester groups is 1. The third-order valence-corrected chi connectivity index (χ3v) is 8.77. The van der Waals surface area contributed by atoms with E-state index in [2.05, 4.69) is 4.99 Å². The van der Waals surface area contributed by atoms with Crippen LogP contribution in [-0.4, -0.2) is 121 Å². The highest BCUT2D eigenvalue weighted by atomic mass is 31.2. The number of aliphatic imine (C=N–C) groups is 1. The number of amides is 4. The van der Waals surface area contributed by atoms with Crippen molar-refractivity contribution in [3.8, 4) is 0 Å². The summed E-state index contributed by atoms with van der Waals surface area (Å²) in [6.45, 7) is 1.68. The fraction of sp³-hybridized carbons (Fsp3) is 0.750. The highest BCUT2D eigenvalue weighted by Crippen LogP contribution is 2.52. The summed E-state index contributed by atoms with van der Waals surface area (Å²) in [5.41, 5.74) is -1.47.